The molecule has 1 nitrogen and oxygen atoms in total. The minimum atomic E-state index is -0.604. The molecule has 0 unspecified atom stereocenters. The zero-order valence-electron chi connectivity index (χ0n) is 8.55. The van der Waals surface area contributed by atoms with Crippen LogP contribution in [0.4, 0.5) is 4.39 Å². The lowest BCUT2D eigenvalue weighted by Crippen LogP contribution is -2.41. The molecule has 0 N–H and O–H groups in total. The molecule has 0 spiro atoms. The van der Waals surface area contributed by atoms with Crippen molar-refractivity contribution in [3.8, 4) is 0 Å². The first-order valence-corrected chi connectivity index (χ1v) is 4.94. The summed E-state index contributed by atoms with van der Waals surface area (Å²) >= 11 is 0. The van der Waals surface area contributed by atoms with Gasteiger partial charge in [-0.3, -0.25) is 4.90 Å². The molecule has 0 bridgehead atoms. The minimum absolute atomic E-state index is 0.157. The molecule has 1 heterocycles. The molecule has 0 amide bonds. The molecule has 72 valence electrons. The lowest BCUT2D eigenvalue weighted by molar-refractivity contribution is 0.121. The fourth-order valence-corrected chi connectivity index (χ4v) is 2.20. The van der Waals surface area contributed by atoms with E-state index in [0.29, 0.717) is 12.0 Å². The fraction of sp³-hybridized carbons (Fsp3) is 1.00. The van der Waals surface area contributed by atoms with Gasteiger partial charge in [0.25, 0.3) is 0 Å². The minimum Gasteiger partial charge on any atom is -0.295 e. The SMILES string of the molecule is CC(C)[C@@H]1[C@@H](F)CCN1C(C)C. The van der Waals surface area contributed by atoms with E-state index in [4.69, 9.17) is 0 Å². The summed E-state index contributed by atoms with van der Waals surface area (Å²) in [6, 6.07) is 0.642. The highest BCUT2D eigenvalue weighted by atomic mass is 19.1. The van der Waals surface area contributed by atoms with Gasteiger partial charge in [0.2, 0.25) is 0 Å². The van der Waals surface area contributed by atoms with Crippen LogP contribution >= 0.6 is 0 Å². The van der Waals surface area contributed by atoms with Crippen LogP contribution in [0.2, 0.25) is 0 Å². The van der Waals surface area contributed by atoms with Crippen LogP contribution in [0.1, 0.15) is 34.1 Å². The van der Waals surface area contributed by atoms with E-state index >= 15 is 0 Å². The predicted molar refractivity (Wildman–Crippen MR) is 50.0 cm³/mol. The van der Waals surface area contributed by atoms with Crippen LogP contribution in [-0.4, -0.2) is 29.7 Å². The summed E-state index contributed by atoms with van der Waals surface area (Å²) in [5, 5.41) is 0. The van der Waals surface area contributed by atoms with E-state index in [-0.39, 0.29) is 6.04 Å². The van der Waals surface area contributed by atoms with E-state index in [2.05, 4.69) is 32.6 Å². The molecule has 0 saturated carbocycles. The van der Waals surface area contributed by atoms with Gasteiger partial charge in [-0.15, -0.1) is 0 Å². The van der Waals surface area contributed by atoms with E-state index in [1.54, 1.807) is 0 Å². The molecule has 0 aromatic rings. The first-order valence-electron chi connectivity index (χ1n) is 4.94. The van der Waals surface area contributed by atoms with Gasteiger partial charge in [-0.1, -0.05) is 13.8 Å². The number of nitrogens with zero attached hydrogens (tertiary/aromatic N) is 1. The van der Waals surface area contributed by atoms with Crippen LogP contribution in [0.15, 0.2) is 0 Å². The zero-order valence-corrected chi connectivity index (χ0v) is 8.55. The Balaban J connectivity index is 2.64. The lowest BCUT2D eigenvalue weighted by Gasteiger charge is -2.31. The van der Waals surface area contributed by atoms with Gasteiger partial charge in [-0.05, 0) is 26.2 Å². The Kier molecular flexibility index (Phi) is 3.10. The topological polar surface area (TPSA) is 3.24 Å². The van der Waals surface area contributed by atoms with E-state index < -0.39 is 6.17 Å². The van der Waals surface area contributed by atoms with E-state index in [0.717, 1.165) is 13.0 Å². The Morgan fingerprint density at radius 3 is 2.17 bits per heavy atom. The smallest absolute Gasteiger partial charge is 0.117 e. The highest BCUT2D eigenvalue weighted by molar-refractivity contribution is 4.90. The summed E-state index contributed by atoms with van der Waals surface area (Å²) in [5.41, 5.74) is 0. The molecule has 2 atom stereocenters. The number of alkyl halides is 1. The van der Waals surface area contributed by atoms with Crippen LogP contribution in [0.3, 0.4) is 0 Å². The summed E-state index contributed by atoms with van der Waals surface area (Å²) < 4.78 is 13.4. The van der Waals surface area contributed by atoms with Crippen LogP contribution < -0.4 is 0 Å². The summed E-state index contributed by atoms with van der Waals surface area (Å²) in [6.45, 7) is 9.44. The van der Waals surface area contributed by atoms with Crippen LogP contribution in [0.25, 0.3) is 0 Å². The molecule has 12 heavy (non-hydrogen) atoms. The zero-order chi connectivity index (χ0) is 9.30. The third kappa shape index (κ3) is 1.79. The highest BCUT2D eigenvalue weighted by Crippen LogP contribution is 2.28. The Labute approximate surface area is 74.9 Å². The second kappa shape index (κ2) is 3.73. The van der Waals surface area contributed by atoms with Gasteiger partial charge in [-0.2, -0.15) is 0 Å². The third-order valence-corrected chi connectivity index (χ3v) is 2.76. The molecule has 1 fully saturated rings. The van der Waals surface area contributed by atoms with Crippen molar-refractivity contribution in [2.24, 2.45) is 5.92 Å². The second-order valence-electron chi connectivity index (χ2n) is 4.37. The average molecular weight is 173 g/mol. The Bertz CT molecular complexity index is 145. The predicted octanol–water partition coefficient (Wildman–Crippen LogP) is 2.46. The maximum atomic E-state index is 13.4. The number of rotatable bonds is 2. The molecule has 2 heteroatoms. The van der Waals surface area contributed by atoms with Gasteiger partial charge in [0, 0.05) is 18.6 Å². The molecular weight excluding hydrogens is 153 g/mol. The van der Waals surface area contributed by atoms with E-state index in [1.165, 1.54) is 0 Å². The molecule has 1 saturated heterocycles. The van der Waals surface area contributed by atoms with Crippen molar-refractivity contribution in [1.29, 1.82) is 0 Å². The normalized spacial score (nSPS) is 32.2. The maximum absolute atomic E-state index is 13.4. The van der Waals surface area contributed by atoms with Crippen molar-refractivity contribution in [3.63, 3.8) is 0 Å². The molecule has 1 aliphatic heterocycles. The van der Waals surface area contributed by atoms with Crippen molar-refractivity contribution < 1.29 is 4.39 Å². The van der Waals surface area contributed by atoms with Gasteiger partial charge in [0.1, 0.15) is 6.17 Å². The van der Waals surface area contributed by atoms with Crippen LogP contribution in [0.5, 0.6) is 0 Å². The van der Waals surface area contributed by atoms with Crippen molar-refractivity contribution >= 4 is 0 Å². The Hall–Kier alpha value is -0.110. The third-order valence-electron chi connectivity index (χ3n) is 2.76. The highest BCUT2D eigenvalue weighted by Gasteiger charge is 2.37. The quantitative estimate of drug-likeness (QED) is 0.620. The Morgan fingerprint density at radius 2 is 1.83 bits per heavy atom. The molecule has 1 aliphatic rings. The lowest BCUT2D eigenvalue weighted by atomic mass is 10.00. The molecule has 0 aliphatic carbocycles. The first kappa shape index (κ1) is 9.97. The number of hydrogen-bond acceptors (Lipinski definition) is 1. The summed E-state index contributed by atoms with van der Waals surface area (Å²) in [4.78, 5) is 2.29. The Morgan fingerprint density at radius 1 is 1.25 bits per heavy atom. The van der Waals surface area contributed by atoms with Gasteiger partial charge in [0.15, 0.2) is 0 Å². The standard InChI is InChI=1S/C10H20FN/c1-7(2)10-9(11)5-6-12(10)8(3)4/h7-10H,5-6H2,1-4H3/t9-,10+/m0/s1. The first-order chi connectivity index (χ1) is 5.54. The van der Waals surface area contributed by atoms with Crippen molar-refractivity contribution in [2.45, 2.75) is 52.4 Å². The van der Waals surface area contributed by atoms with Crippen molar-refractivity contribution in [3.05, 3.63) is 0 Å². The van der Waals surface area contributed by atoms with Gasteiger partial charge < -0.3 is 0 Å². The van der Waals surface area contributed by atoms with Crippen LogP contribution in [0, 0.1) is 5.92 Å². The maximum Gasteiger partial charge on any atom is 0.117 e. The average Bonchev–Trinajstić information content (AvgIpc) is 2.30. The van der Waals surface area contributed by atoms with E-state index in [9.17, 15) is 4.39 Å². The summed E-state index contributed by atoms with van der Waals surface area (Å²) in [6.07, 6.45) is 0.119. The van der Waals surface area contributed by atoms with Crippen molar-refractivity contribution in [2.75, 3.05) is 6.54 Å². The number of halogens is 1. The number of likely N-dealkylation sites (tertiary alicyclic amines) is 1. The molecular formula is C10H20FN. The monoisotopic (exact) mass is 173 g/mol. The van der Waals surface area contributed by atoms with Gasteiger partial charge in [0.05, 0.1) is 0 Å². The van der Waals surface area contributed by atoms with Gasteiger partial charge in [-0.25, -0.2) is 4.39 Å². The molecule has 1 rings (SSSR count). The molecule has 0 radical (unpaired) electrons. The molecule has 0 aromatic heterocycles. The molecule has 0 aromatic carbocycles. The van der Waals surface area contributed by atoms with Gasteiger partial charge >= 0.3 is 0 Å². The summed E-state index contributed by atoms with van der Waals surface area (Å²) in [5.74, 6) is 0.435. The largest absolute Gasteiger partial charge is 0.295 e. The van der Waals surface area contributed by atoms with Crippen LogP contribution in [-0.2, 0) is 0 Å². The second-order valence-corrected chi connectivity index (χ2v) is 4.37. The van der Waals surface area contributed by atoms with Crippen molar-refractivity contribution in [1.82, 2.24) is 4.90 Å². The fourth-order valence-electron chi connectivity index (χ4n) is 2.20. The van der Waals surface area contributed by atoms with E-state index in [1.807, 2.05) is 0 Å². The number of hydrogen-bond donors (Lipinski definition) is 0. The summed E-state index contributed by atoms with van der Waals surface area (Å²) in [7, 11) is 0.